The number of nitrogens with zero attached hydrogens (tertiary/aromatic N) is 2. The Hall–Kier alpha value is -3.30. The standard InChI is InChI=1S/C29H40N4O5/c1-19-15-33(16-21-9-10-21)20(2)18-38-26-12-11-23(14-25(26)28(34)32(3)17-27(19)37-5)31-29(35)30-22-7-6-8-24(13-22)36-4/h6-8,11-14,19-21,27H,9-10,15-18H2,1-5H3,(H2,30,31,35)/t19-,20+,27-/m1/s1. The van der Waals surface area contributed by atoms with Gasteiger partial charge in [0.05, 0.1) is 18.8 Å². The zero-order chi connectivity index (χ0) is 27.2. The van der Waals surface area contributed by atoms with Crippen LogP contribution >= 0.6 is 0 Å². The molecule has 1 aliphatic carbocycles. The Morgan fingerprint density at radius 1 is 1.05 bits per heavy atom. The highest BCUT2D eigenvalue weighted by Crippen LogP contribution is 2.32. The van der Waals surface area contributed by atoms with Crippen LogP contribution in [-0.2, 0) is 4.74 Å². The number of likely N-dealkylation sites (N-methyl/N-ethyl adjacent to an activating group) is 1. The first-order valence-corrected chi connectivity index (χ1v) is 13.3. The summed E-state index contributed by atoms with van der Waals surface area (Å²) in [6.45, 7) is 7.22. The van der Waals surface area contributed by atoms with Crippen LogP contribution < -0.4 is 20.1 Å². The van der Waals surface area contributed by atoms with Crippen molar-refractivity contribution >= 4 is 23.3 Å². The zero-order valence-corrected chi connectivity index (χ0v) is 23.0. The number of anilines is 2. The van der Waals surface area contributed by atoms with Gasteiger partial charge in [-0.25, -0.2) is 4.79 Å². The minimum atomic E-state index is -0.425. The molecule has 0 spiro atoms. The second-order valence-corrected chi connectivity index (χ2v) is 10.5. The van der Waals surface area contributed by atoms with E-state index in [1.54, 1.807) is 68.6 Å². The van der Waals surface area contributed by atoms with E-state index in [0.29, 0.717) is 41.6 Å². The molecule has 4 rings (SSSR count). The zero-order valence-electron chi connectivity index (χ0n) is 23.0. The number of hydrogen-bond acceptors (Lipinski definition) is 6. The van der Waals surface area contributed by atoms with Crippen LogP contribution in [0.3, 0.4) is 0 Å². The highest BCUT2D eigenvalue weighted by Gasteiger charge is 2.31. The lowest BCUT2D eigenvalue weighted by molar-refractivity contribution is 0.00994. The number of nitrogens with one attached hydrogen (secondary N) is 2. The van der Waals surface area contributed by atoms with E-state index in [4.69, 9.17) is 14.2 Å². The first kappa shape index (κ1) is 27.7. The number of benzene rings is 2. The highest BCUT2D eigenvalue weighted by atomic mass is 16.5. The molecule has 2 aromatic carbocycles. The van der Waals surface area contributed by atoms with E-state index >= 15 is 0 Å². The van der Waals surface area contributed by atoms with Gasteiger partial charge in [-0.3, -0.25) is 9.69 Å². The Bertz CT molecular complexity index is 1120. The van der Waals surface area contributed by atoms with E-state index in [1.807, 2.05) is 0 Å². The largest absolute Gasteiger partial charge is 0.497 e. The van der Waals surface area contributed by atoms with Crippen molar-refractivity contribution in [1.82, 2.24) is 9.80 Å². The van der Waals surface area contributed by atoms with Gasteiger partial charge in [-0.15, -0.1) is 0 Å². The molecule has 0 unspecified atom stereocenters. The van der Waals surface area contributed by atoms with Gasteiger partial charge in [0.15, 0.2) is 0 Å². The van der Waals surface area contributed by atoms with Crippen LogP contribution in [0.2, 0.25) is 0 Å². The molecule has 1 saturated carbocycles. The van der Waals surface area contributed by atoms with Gasteiger partial charge in [0.2, 0.25) is 0 Å². The van der Waals surface area contributed by atoms with Gasteiger partial charge in [0, 0.05) is 57.3 Å². The van der Waals surface area contributed by atoms with Gasteiger partial charge < -0.3 is 29.7 Å². The predicted octanol–water partition coefficient (Wildman–Crippen LogP) is 4.56. The number of carbonyl (C=O) groups is 2. The quantitative estimate of drug-likeness (QED) is 0.576. The van der Waals surface area contributed by atoms with Crippen molar-refractivity contribution in [2.24, 2.45) is 11.8 Å². The van der Waals surface area contributed by atoms with Gasteiger partial charge in [-0.2, -0.15) is 0 Å². The van der Waals surface area contributed by atoms with Gasteiger partial charge >= 0.3 is 6.03 Å². The summed E-state index contributed by atoms with van der Waals surface area (Å²) < 4.78 is 17.3. The molecule has 0 saturated heterocycles. The third kappa shape index (κ3) is 7.17. The first-order valence-electron chi connectivity index (χ1n) is 13.3. The molecule has 1 fully saturated rings. The molecule has 2 aromatic rings. The molecule has 38 heavy (non-hydrogen) atoms. The average Bonchev–Trinajstić information content (AvgIpc) is 3.73. The number of rotatable bonds is 6. The summed E-state index contributed by atoms with van der Waals surface area (Å²) in [5.41, 5.74) is 1.48. The summed E-state index contributed by atoms with van der Waals surface area (Å²) in [5.74, 6) is 1.95. The normalized spacial score (nSPS) is 22.9. The van der Waals surface area contributed by atoms with Crippen LogP contribution in [0, 0.1) is 11.8 Å². The molecule has 1 heterocycles. The Labute approximate surface area is 225 Å². The van der Waals surface area contributed by atoms with Crippen LogP contribution in [0.4, 0.5) is 16.2 Å². The summed E-state index contributed by atoms with van der Waals surface area (Å²) in [6, 6.07) is 12.0. The minimum absolute atomic E-state index is 0.100. The molecule has 206 valence electrons. The number of amides is 3. The third-order valence-electron chi connectivity index (χ3n) is 7.35. The van der Waals surface area contributed by atoms with Gasteiger partial charge in [0.25, 0.3) is 5.91 Å². The van der Waals surface area contributed by atoms with Gasteiger partial charge in [0.1, 0.15) is 18.1 Å². The third-order valence-corrected chi connectivity index (χ3v) is 7.35. The molecule has 0 radical (unpaired) electrons. The number of fused-ring (bicyclic) bond motifs is 1. The Morgan fingerprint density at radius 3 is 2.47 bits per heavy atom. The summed E-state index contributed by atoms with van der Waals surface area (Å²) >= 11 is 0. The fourth-order valence-electron chi connectivity index (χ4n) is 4.81. The lowest BCUT2D eigenvalue weighted by atomic mass is 10.0. The molecular formula is C29H40N4O5. The van der Waals surface area contributed by atoms with Crippen molar-refractivity contribution in [1.29, 1.82) is 0 Å². The summed E-state index contributed by atoms with van der Waals surface area (Å²) in [6.07, 6.45) is 2.47. The average molecular weight is 525 g/mol. The Morgan fingerprint density at radius 2 is 1.79 bits per heavy atom. The maximum atomic E-state index is 13.6. The number of urea groups is 1. The van der Waals surface area contributed by atoms with Crippen LogP contribution in [0.1, 0.15) is 37.0 Å². The highest BCUT2D eigenvalue weighted by molar-refractivity contribution is 6.02. The smallest absolute Gasteiger partial charge is 0.323 e. The maximum absolute atomic E-state index is 13.6. The molecule has 9 nitrogen and oxygen atoms in total. The molecular weight excluding hydrogens is 484 g/mol. The summed E-state index contributed by atoms with van der Waals surface area (Å²) in [7, 11) is 5.05. The number of ether oxygens (including phenoxy) is 3. The number of carbonyl (C=O) groups excluding carboxylic acids is 2. The van der Waals surface area contributed by atoms with Crippen molar-refractivity contribution in [3.63, 3.8) is 0 Å². The SMILES string of the molecule is COc1cccc(NC(=O)Nc2ccc3c(c2)C(=O)N(C)C[C@@H](OC)[C@H](C)CN(CC2CC2)[C@@H](C)CO3)c1. The molecule has 0 bridgehead atoms. The maximum Gasteiger partial charge on any atom is 0.323 e. The number of methoxy groups -OCH3 is 2. The topological polar surface area (TPSA) is 92.4 Å². The monoisotopic (exact) mass is 524 g/mol. The Balaban J connectivity index is 1.55. The summed E-state index contributed by atoms with van der Waals surface area (Å²) in [5, 5.41) is 5.61. The number of hydrogen-bond donors (Lipinski definition) is 2. The van der Waals surface area contributed by atoms with E-state index in [2.05, 4.69) is 29.4 Å². The van der Waals surface area contributed by atoms with Crippen LogP contribution in [0.5, 0.6) is 11.5 Å². The Kier molecular flexibility index (Phi) is 9.12. The fourth-order valence-corrected chi connectivity index (χ4v) is 4.81. The van der Waals surface area contributed by atoms with Crippen molar-refractivity contribution in [3.8, 4) is 11.5 Å². The van der Waals surface area contributed by atoms with E-state index in [0.717, 1.165) is 19.0 Å². The molecule has 1 aliphatic heterocycles. The van der Waals surface area contributed by atoms with E-state index in [-0.39, 0.29) is 24.0 Å². The minimum Gasteiger partial charge on any atom is -0.497 e. The second-order valence-electron chi connectivity index (χ2n) is 10.5. The lowest BCUT2D eigenvalue weighted by Crippen LogP contribution is -2.47. The van der Waals surface area contributed by atoms with E-state index < -0.39 is 6.03 Å². The molecule has 2 aliphatic rings. The fraction of sp³-hybridized carbons (Fsp3) is 0.517. The molecule has 0 aromatic heterocycles. The molecule has 3 atom stereocenters. The van der Waals surface area contributed by atoms with Crippen molar-refractivity contribution < 1.29 is 23.8 Å². The van der Waals surface area contributed by atoms with Gasteiger partial charge in [-0.1, -0.05) is 13.0 Å². The lowest BCUT2D eigenvalue weighted by Gasteiger charge is -2.36. The van der Waals surface area contributed by atoms with Crippen LogP contribution in [-0.4, -0.2) is 81.4 Å². The van der Waals surface area contributed by atoms with E-state index in [9.17, 15) is 9.59 Å². The molecule has 9 heteroatoms. The van der Waals surface area contributed by atoms with Crippen molar-refractivity contribution in [3.05, 3.63) is 48.0 Å². The summed E-state index contributed by atoms with van der Waals surface area (Å²) in [4.78, 5) is 30.4. The van der Waals surface area contributed by atoms with Gasteiger partial charge in [-0.05, 0) is 61.9 Å². The molecule has 3 amide bonds. The second kappa shape index (κ2) is 12.5. The van der Waals surface area contributed by atoms with Crippen molar-refractivity contribution in [2.75, 3.05) is 58.1 Å². The first-order chi connectivity index (χ1) is 18.3. The van der Waals surface area contributed by atoms with Crippen molar-refractivity contribution in [2.45, 2.75) is 38.8 Å². The molecule has 2 N–H and O–H groups in total. The predicted molar refractivity (Wildman–Crippen MR) is 148 cm³/mol. The van der Waals surface area contributed by atoms with Crippen LogP contribution in [0.25, 0.3) is 0 Å². The van der Waals surface area contributed by atoms with E-state index in [1.165, 1.54) is 12.8 Å². The van der Waals surface area contributed by atoms with Crippen LogP contribution in [0.15, 0.2) is 42.5 Å².